The molecule has 0 radical (unpaired) electrons. The van der Waals surface area contributed by atoms with E-state index in [1.807, 2.05) is 45.5 Å². The van der Waals surface area contributed by atoms with Gasteiger partial charge in [-0.15, -0.1) is 0 Å². The molecule has 7 nitrogen and oxygen atoms in total. The number of rotatable bonds is 7. The van der Waals surface area contributed by atoms with Crippen LogP contribution in [0.5, 0.6) is 5.88 Å². The topological polar surface area (TPSA) is 85.2 Å². The van der Waals surface area contributed by atoms with Gasteiger partial charge >= 0.3 is 5.69 Å². The van der Waals surface area contributed by atoms with Crippen molar-refractivity contribution in [1.82, 2.24) is 18.7 Å². The maximum Gasteiger partial charge on any atom is 0.329 e. The summed E-state index contributed by atoms with van der Waals surface area (Å²) in [6, 6.07) is 13.7. The van der Waals surface area contributed by atoms with E-state index in [4.69, 9.17) is 5.11 Å². The molecule has 1 aromatic carbocycles. The molecule has 0 atom stereocenters. The predicted molar refractivity (Wildman–Crippen MR) is 111 cm³/mol. The quantitative estimate of drug-likeness (QED) is 0.474. The Morgan fingerprint density at radius 3 is 2.55 bits per heavy atom. The Morgan fingerprint density at radius 2 is 1.79 bits per heavy atom. The van der Waals surface area contributed by atoms with Crippen molar-refractivity contribution in [2.24, 2.45) is 0 Å². The fourth-order valence-electron chi connectivity index (χ4n) is 4.19. The fourth-order valence-corrected chi connectivity index (χ4v) is 4.19. The van der Waals surface area contributed by atoms with E-state index < -0.39 is 0 Å². The molecule has 7 heteroatoms. The van der Waals surface area contributed by atoms with Crippen LogP contribution in [0.25, 0.3) is 22.1 Å². The first kappa shape index (κ1) is 18.0. The summed E-state index contributed by atoms with van der Waals surface area (Å²) < 4.78 is 5.91. The number of fused-ring (bicyclic) bond motifs is 2. The Bertz CT molecular complexity index is 1250. The highest BCUT2D eigenvalue weighted by Crippen LogP contribution is 2.36. The van der Waals surface area contributed by atoms with E-state index in [0.29, 0.717) is 24.5 Å². The number of hydrogen-bond acceptors (Lipinski definition) is 4. The minimum absolute atomic E-state index is 0.0148. The first-order chi connectivity index (χ1) is 14.2. The number of aromatic nitrogens is 4. The summed E-state index contributed by atoms with van der Waals surface area (Å²) in [5, 5.41) is 18.9. The molecule has 29 heavy (non-hydrogen) atoms. The van der Waals surface area contributed by atoms with Crippen LogP contribution in [0, 0.1) is 0 Å². The first-order valence-corrected chi connectivity index (χ1v) is 10.2. The number of pyridine rings is 1. The standard InChI is InChI=1S/C22H24N4O3/c27-12-4-3-11-24-16(13-17-18(24)9-10-21(28)23-17)14-25-19-5-1-2-6-20(19)26(22(25)29)15-7-8-15/h1-2,5-6,9-10,13,15,27H,3-4,7-8,11-12,14H2,(H,23,28). The average Bonchev–Trinajstić information content (AvgIpc) is 3.44. The van der Waals surface area contributed by atoms with Gasteiger partial charge in [-0.25, -0.2) is 9.78 Å². The second kappa shape index (κ2) is 7.08. The third-order valence-electron chi connectivity index (χ3n) is 5.72. The lowest BCUT2D eigenvalue weighted by Gasteiger charge is -2.11. The summed E-state index contributed by atoms with van der Waals surface area (Å²) in [7, 11) is 0. The minimum Gasteiger partial charge on any atom is -0.493 e. The monoisotopic (exact) mass is 392 g/mol. The van der Waals surface area contributed by atoms with Crippen LogP contribution in [0.2, 0.25) is 0 Å². The van der Waals surface area contributed by atoms with Gasteiger partial charge in [-0.1, -0.05) is 12.1 Å². The van der Waals surface area contributed by atoms with E-state index >= 15 is 0 Å². The molecule has 1 aliphatic rings. The van der Waals surface area contributed by atoms with Crippen LogP contribution in [-0.2, 0) is 13.1 Å². The van der Waals surface area contributed by atoms with Crippen molar-refractivity contribution in [1.29, 1.82) is 0 Å². The third kappa shape index (κ3) is 3.11. The largest absolute Gasteiger partial charge is 0.493 e. The van der Waals surface area contributed by atoms with Crippen LogP contribution in [0.15, 0.2) is 47.3 Å². The summed E-state index contributed by atoms with van der Waals surface area (Å²) in [6.45, 7) is 1.32. The summed E-state index contributed by atoms with van der Waals surface area (Å²) in [4.78, 5) is 17.5. The van der Waals surface area contributed by atoms with Crippen LogP contribution >= 0.6 is 0 Å². The lowest BCUT2D eigenvalue weighted by Crippen LogP contribution is -2.25. The highest BCUT2D eigenvalue weighted by atomic mass is 16.3. The molecular weight excluding hydrogens is 368 g/mol. The van der Waals surface area contributed by atoms with Crippen molar-refractivity contribution in [2.75, 3.05) is 6.61 Å². The van der Waals surface area contributed by atoms with Gasteiger partial charge in [0.15, 0.2) is 0 Å². The van der Waals surface area contributed by atoms with Crippen LogP contribution in [0.1, 0.15) is 37.4 Å². The maximum atomic E-state index is 13.2. The second-order valence-electron chi connectivity index (χ2n) is 7.75. The number of benzene rings is 1. The Labute approximate surface area is 167 Å². The molecule has 0 unspecified atom stereocenters. The number of aliphatic hydroxyl groups excluding tert-OH is 1. The van der Waals surface area contributed by atoms with Crippen LogP contribution in [-0.4, -0.2) is 35.5 Å². The SMILES string of the molecule is O=c1n(Cc2cc3nc(O)ccc3n2CCCCO)c2ccccc2n1C1CC1. The Hall–Kier alpha value is -3.06. The summed E-state index contributed by atoms with van der Waals surface area (Å²) in [5.74, 6) is -0.0148. The zero-order chi connectivity index (χ0) is 20.0. The molecule has 0 saturated heterocycles. The van der Waals surface area contributed by atoms with Crippen LogP contribution < -0.4 is 5.69 Å². The molecule has 5 rings (SSSR count). The molecule has 1 aliphatic carbocycles. The van der Waals surface area contributed by atoms with Gasteiger partial charge in [0.2, 0.25) is 5.88 Å². The molecule has 1 saturated carbocycles. The molecular formula is C22H24N4O3. The van der Waals surface area contributed by atoms with Gasteiger partial charge in [-0.3, -0.25) is 9.13 Å². The number of hydrogen-bond donors (Lipinski definition) is 2. The van der Waals surface area contributed by atoms with E-state index in [0.717, 1.165) is 48.1 Å². The highest BCUT2D eigenvalue weighted by molar-refractivity contribution is 5.79. The number of unbranched alkanes of at least 4 members (excludes halogenated alkanes) is 1. The highest BCUT2D eigenvalue weighted by Gasteiger charge is 2.29. The van der Waals surface area contributed by atoms with Gasteiger partial charge < -0.3 is 14.8 Å². The van der Waals surface area contributed by atoms with Crippen LogP contribution in [0.3, 0.4) is 0 Å². The first-order valence-electron chi connectivity index (χ1n) is 10.2. The molecule has 2 N–H and O–H groups in total. The van der Waals surface area contributed by atoms with E-state index in [9.17, 15) is 9.90 Å². The molecule has 4 aromatic rings. The third-order valence-corrected chi connectivity index (χ3v) is 5.72. The summed E-state index contributed by atoms with van der Waals surface area (Å²) in [6.07, 6.45) is 3.65. The van der Waals surface area contributed by atoms with Gasteiger partial charge in [0.1, 0.15) is 0 Å². The van der Waals surface area contributed by atoms with Crippen molar-refractivity contribution in [3.8, 4) is 5.88 Å². The number of aryl methyl sites for hydroxylation is 1. The molecule has 3 heterocycles. The van der Waals surface area contributed by atoms with Crippen molar-refractivity contribution < 1.29 is 10.2 Å². The molecule has 1 fully saturated rings. The Morgan fingerprint density at radius 1 is 1.00 bits per heavy atom. The zero-order valence-corrected chi connectivity index (χ0v) is 16.2. The average molecular weight is 392 g/mol. The van der Waals surface area contributed by atoms with Crippen molar-refractivity contribution in [3.05, 3.63) is 58.6 Å². The molecule has 0 bridgehead atoms. The van der Waals surface area contributed by atoms with E-state index in [-0.39, 0.29) is 18.2 Å². The van der Waals surface area contributed by atoms with Crippen LogP contribution in [0.4, 0.5) is 0 Å². The number of nitrogens with zero attached hydrogens (tertiary/aromatic N) is 4. The number of imidazole rings is 1. The van der Waals surface area contributed by atoms with E-state index in [1.54, 1.807) is 6.07 Å². The smallest absolute Gasteiger partial charge is 0.329 e. The number of aromatic hydroxyl groups is 1. The Balaban J connectivity index is 1.63. The lowest BCUT2D eigenvalue weighted by molar-refractivity contribution is 0.281. The molecule has 150 valence electrons. The zero-order valence-electron chi connectivity index (χ0n) is 16.2. The molecule has 0 spiro atoms. The van der Waals surface area contributed by atoms with Crippen molar-refractivity contribution >= 4 is 22.1 Å². The molecule has 3 aromatic heterocycles. The van der Waals surface area contributed by atoms with Gasteiger partial charge in [0, 0.05) is 31.0 Å². The van der Waals surface area contributed by atoms with Gasteiger partial charge in [-0.05, 0) is 49.9 Å². The minimum atomic E-state index is -0.0148. The van der Waals surface area contributed by atoms with Gasteiger partial charge in [0.25, 0.3) is 0 Å². The fraction of sp³-hybridized carbons (Fsp3) is 0.364. The van der Waals surface area contributed by atoms with E-state index in [1.165, 1.54) is 0 Å². The van der Waals surface area contributed by atoms with Gasteiger partial charge in [-0.2, -0.15) is 0 Å². The van der Waals surface area contributed by atoms with Gasteiger partial charge in [0.05, 0.1) is 28.6 Å². The maximum absolute atomic E-state index is 13.2. The Kier molecular flexibility index (Phi) is 4.39. The molecule has 0 aliphatic heterocycles. The summed E-state index contributed by atoms with van der Waals surface area (Å²) >= 11 is 0. The van der Waals surface area contributed by atoms with Crippen molar-refractivity contribution in [3.63, 3.8) is 0 Å². The lowest BCUT2D eigenvalue weighted by atomic mass is 10.3. The van der Waals surface area contributed by atoms with Crippen molar-refractivity contribution in [2.45, 2.75) is 44.8 Å². The predicted octanol–water partition coefficient (Wildman–Crippen LogP) is 3.01. The second-order valence-corrected chi connectivity index (χ2v) is 7.75. The summed E-state index contributed by atoms with van der Waals surface area (Å²) in [5.41, 5.74) is 4.55. The number of para-hydroxylation sites is 2. The number of aliphatic hydroxyl groups is 1. The molecule has 0 amide bonds. The van der Waals surface area contributed by atoms with E-state index in [2.05, 4.69) is 9.55 Å². The normalized spacial score (nSPS) is 14.2.